The van der Waals surface area contributed by atoms with Crippen LogP contribution in [-0.4, -0.2) is 11.8 Å². The summed E-state index contributed by atoms with van der Waals surface area (Å²) >= 11 is 0. The molecule has 66 valence electrons. The van der Waals surface area contributed by atoms with Gasteiger partial charge in [-0.1, -0.05) is 18.2 Å². The number of esters is 1. The maximum atomic E-state index is 11.2. The first kappa shape index (κ1) is 7.98. The molecular weight excluding hydrogens is 168 g/mol. The molecule has 0 amide bonds. The summed E-state index contributed by atoms with van der Waals surface area (Å²) < 4.78 is 4.92. The number of para-hydroxylation sites is 1. The first-order valence-corrected chi connectivity index (χ1v) is 4.01. The van der Waals surface area contributed by atoms with Crippen molar-refractivity contribution < 1.29 is 14.3 Å². The molecular formula is C10H8O3. The number of carbonyl (C=O) groups is 2. The van der Waals surface area contributed by atoms with Crippen molar-refractivity contribution in [3.05, 3.63) is 29.8 Å². The molecule has 0 unspecified atom stereocenters. The van der Waals surface area contributed by atoms with Crippen LogP contribution >= 0.6 is 0 Å². The lowest BCUT2D eigenvalue weighted by atomic mass is 9.97. The summed E-state index contributed by atoms with van der Waals surface area (Å²) in [7, 11) is 0. The van der Waals surface area contributed by atoms with Crippen molar-refractivity contribution in [3.63, 3.8) is 0 Å². The Balaban J connectivity index is 2.52. The van der Waals surface area contributed by atoms with Crippen LogP contribution in [0.3, 0.4) is 0 Å². The summed E-state index contributed by atoms with van der Waals surface area (Å²) in [6.07, 6.45) is 0. The molecule has 3 heteroatoms. The Bertz CT molecular complexity index is 382. The lowest BCUT2D eigenvalue weighted by Crippen LogP contribution is -2.16. The molecule has 13 heavy (non-hydrogen) atoms. The fourth-order valence-electron chi connectivity index (χ4n) is 1.49. The molecule has 1 heterocycles. The Hall–Kier alpha value is -1.64. The van der Waals surface area contributed by atoms with E-state index in [4.69, 9.17) is 4.74 Å². The van der Waals surface area contributed by atoms with Gasteiger partial charge in [0.1, 0.15) is 17.5 Å². The van der Waals surface area contributed by atoms with E-state index in [0.717, 1.165) is 0 Å². The molecule has 0 saturated heterocycles. The molecule has 0 spiro atoms. The predicted molar refractivity (Wildman–Crippen MR) is 45.5 cm³/mol. The van der Waals surface area contributed by atoms with Crippen LogP contribution in [-0.2, 0) is 9.59 Å². The Morgan fingerprint density at radius 1 is 1.38 bits per heavy atom. The van der Waals surface area contributed by atoms with E-state index < -0.39 is 11.9 Å². The maximum absolute atomic E-state index is 11.2. The number of hydrogen-bond acceptors (Lipinski definition) is 3. The second-order valence-corrected chi connectivity index (χ2v) is 3.00. The molecule has 2 rings (SSSR count). The number of ether oxygens (including phenoxy) is 1. The van der Waals surface area contributed by atoms with Gasteiger partial charge in [0.15, 0.2) is 0 Å². The van der Waals surface area contributed by atoms with E-state index in [2.05, 4.69) is 0 Å². The molecule has 1 aromatic rings. The van der Waals surface area contributed by atoms with Gasteiger partial charge < -0.3 is 4.74 Å². The van der Waals surface area contributed by atoms with Crippen LogP contribution in [0.15, 0.2) is 24.3 Å². The third-order valence-corrected chi connectivity index (χ3v) is 2.08. The summed E-state index contributed by atoms with van der Waals surface area (Å²) in [5.41, 5.74) is 0.681. The molecule has 0 saturated carbocycles. The predicted octanol–water partition coefficient (Wildman–Crippen LogP) is 1.28. The van der Waals surface area contributed by atoms with E-state index in [0.29, 0.717) is 11.3 Å². The monoisotopic (exact) mass is 176 g/mol. The summed E-state index contributed by atoms with van der Waals surface area (Å²) in [6.45, 7) is 1.40. The topological polar surface area (TPSA) is 43.4 Å². The molecule has 1 aliphatic heterocycles. The van der Waals surface area contributed by atoms with Crippen molar-refractivity contribution in [1.29, 1.82) is 0 Å². The van der Waals surface area contributed by atoms with Crippen molar-refractivity contribution in [3.8, 4) is 5.75 Å². The van der Waals surface area contributed by atoms with Crippen molar-refractivity contribution in [2.75, 3.05) is 0 Å². The average molecular weight is 176 g/mol. The van der Waals surface area contributed by atoms with Gasteiger partial charge in [-0.15, -0.1) is 0 Å². The van der Waals surface area contributed by atoms with Gasteiger partial charge in [0.2, 0.25) is 0 Å². The largest absolute Gasteiger partial charge is 0.425 e. The van der Waals surface area contributed by atoms with E-state index >= 15 is 0 Å². The summed E-state index contributed by atoms with van der Waals surface area (Å²) in [5, 5.41) is 0. The van der Waals surface area contributed by atoms with E-state index in [1.54, 1.807) is 24.3 Å². The minimum Gasteiger partial charge on any atom is -0.425 e. The van der Waals surface area contributed by atoms with E-state index in [1.807, 2.05) is 0 Å². The zero-order chi connectivity index (χ0) is 9.42. The van der Waals surface area contributed by atoms with Gasteiger partial charge in [-0.3, -0.25) is 9.59 Å². The Morgan fingerprint density at radius 3 is 2.77 bits per heavy atom. The smallest absolute Gasteiger partial charge is 0.326 e. The lowest BCUT2D eigenvalue weighted by molar-refractivity contribution is -0.137. The maximum Gasteiger partial charge on any atom is 0.326 e. The van der Waals surface area contributed by atoms with Gasteiger partial charge >= 0.3 is 5.97 Å². The third kappa shape index (κ3) is 1.13. The highest BCUT2D eigenvalue weighted by Gasteiger charge is 2.35. The van der Waals surface area contributed by atoms with Gasteiger partial charge in [-0.2, -0.15) is 0 Å². The van der Waals surface area contributed by atoms with Crippen molar-refractivity contribution in [2.24, 2.45) is 0 Å². The molecule has 0 N–H and O–H groups in total. The summed E-state index contributed by atoms with van der Waals surface area (Å²) in [5.74, 6) is -0.840. The third-order valence-electron chi connectivity index (χ3n) is 2.08. The minimum absolute atomic E-state index is 0.171. The molecule has 0 aliphatic carbocycles. The molecule has 0 fully saturated rings. The number of benzene rings is 1. The number of rotatable bonds is 1. The molecule has 1 atom stereocenters. The minimum atomic E-state index is -0.712. The molecule has 1 aromatic carbocycles. The SMILES string of the molecule is CC(=O)[C@@H]1C(=O)Oc2ccccc21. The number of hydrogen-bond donors (Lipinski definition) is 0. The summed E-state index contributed by atoms with van der Waals surface area (Å²) in [4.78, 5) is 22.3. The highest BCUT2D eigenvalue weighted by molar-refractivity contribution is 6.07. The van der Waals surface area contributed by atoms with Gasteiger partial charge in [0.25, 0.3) is 0 Å². The Morgan fingerprint density at radius 2 is 2.08 bits per heavy atom. The van der Waals surface area contributed by atoms with Crippen LogP contribution in [0.4, 0.5) is 0 Å². The number of ketones is 1. The standard InChI is InChI=1S/C10H8O3/c1-6(11)9-7-4-2-3-5-8(7)13-10(9)12/h2-5,9H,1H3/t9-/m0/s1. The average Bonchev–Trinajstić information content (AvgIpc) is 2.39. The first-order valence-electron chi connectivity index (χ1n) is 4.01. The zero-order valence-electron chi connectivity index (χ0n) is 7.11. The fourth-order valence-corrected chi connectivity index (χ4v) is 1.49. The van der Waals surface area contributed by atoms with Crippen LogP contribution < -0.4 is 4.74 Å². The van der Waals surface area contributed by atoms with Crippen molar-refractivity contribution >= 4 is 11.8 Å². The molecule has 0 bridgehead atoms. The normalized spacial score (nSPS) is 19.5. The van der Waals surface area contributed by atoms with E-state index in [9.17, 15) is 9.59 Å². The van der Waals surface area contributed by atoms with Crippen LogP contribution in [0.25, 0.3) is 0 Å². The van der Waals surface area contributed by atoms with Crippen LogP contribution in [0.1, 0.15) is 18.4 Å². The molecule has 0 aromatic heterocycles. The van der Waals surface area contributed by atoms with Crippen LogP contribution in [0.5, 0.6) is 5.75 Å². The Kier molecular flexibility index (Phi) is 1.65. The van der Waals surface area contributed by atoms with E-state index in [-0.39, 0.29) is 5.78 Å². The Labute approximate surface area is 75.3 Å². The molecule has 0 radical (unpaired) electrons. The van der Waals surface area contributed by atoms with Gasteiger partial charge in [-0.05, 0) is 13.0 Å². The van der Waals surface area contributed by atoms with Gasteiger partial charge in [0, 0.05) is 5.56 Å². The van der Waals surface area contributed by atoms with Gasteiger partial charge in [-0.25, -0.2) is 0 Å². The summed E-state index contributed by atoms with van der Waals surface area (Å²) in [6, 6.07) is 6.99. The zero-order valence-corrected chi connectivity index (χ0v) is 7.11. The molecule has 1 aliphatic rings. The second-order valence-electron chi connectivity index (χ2n) is 3.00. The highest BCUT2D eigenvalue weighted by Crippen LogP contribution is 2.34. The number of fused-ring (bicyclic) bond motifs is 1. The van der Waals surface area contributed by atoms with Crippen molar-refractivity contribution in [2.45, 2.75) is 12.8 Å². The molecule has 3 nitrogen and oxygen atoms in total. The van der Waals surface area contributed by atoms with E-state index in [1.165, 1.54) is 6.92 Å². The quantitative estimate of drug-likeness (QED) is 0.367. The van der Waals surface area contributed by atoms with Crippen LogP contribution in [0, 0.1) is 0 Å². The number of Topliss-reactive ketones (excluding diaryl/α,β-unsaturated/α-hetero) is 1. The fraction of sp³-hybridized carbons (Fsp3) is 0.200. The van der Waals surface area contributed by atoms with Crippen molar-refractivity contribution in [1.82, 2.24) is 0 Å². The van der Waals surface area contributed by atoms with Crippen LogP contribution in [0.2, 0.25) is 0 Å². The first-order chi connectivity index (χ1) is 6.20. The lowest BCUT2D eigenvalue weighted by Gasteiger charge is -1.99. The second kappa shape index (κ2) is 2.69. The highest BCUT2D eigenvalue weighted by atomic mass is 16.5. The van der Waals surface area contributed by atoms with Gasteiger partial charge in [0.05, 0.1) is 0 Å². The number of carbonyl (C=O) groups excluding carboxylic acids is 2.